The van der Waals surface area contributed by atoms with Crippen molar-refractivity contribution in [2.45, 2.75) is 78.8 Å². The van der Waals surface area contributed by atoms with Gasteiger partial charge in [-0.2, -0.15) is 0 Å². The smallest absolute Gasteiger partial charge is 0.332 e. The van der Waals surface area contributed by atoms with E-state index in [0.717, 1.165) is 19.0 Å². The molecule has 4 unspecified atom stereocenters. The van der Waals surface area contributed by atoms with Crippen molar-refractivity contribution in [3.05, 3.63) is 195 Å². The molecular formula is C64H70Br3ClN8O11. The Morgan fingerprint density at radius 1 is 0.621 bits per heavy atom. The second kappa shape index (κ2) is 38.4. The van der Waals surface area contributed by atoms with Gasteiger partial charge in [-0.05, 0) is 131 Å². The molecule has 0 aliphatic carbocycles. The number of amides is 1. The van der Waals surface area contributed by atoms with Crippen LogP contribution >= 0.6 is 60.2 Å². The van der Waals surface area contributed by atoms with Gasteiger partial charge < -0.3 is 35.1 Å². The first kappa shape index (κ1) is 75.3. The van der Waals surface area contributed by atoms with E-state index in [1.807, 2.05) is 81.4 Å². The number of benzene rings is 4. The van der Waals surface area contributed by atoms with Gasteiger partial charge in [0.05, 0.1) is 27.5 Å². The topological polar surface area (TPSA) is 259 Å². The zero-order valence-corrected chi connectivity index (χ0v) is 55.8. The third-order valence-corrected chi connectivity index (χ3v) is 13.8. The number of nitrogens with one attached hydrogen (secondary N) is 1. The largest absolute Gasteiger partial charge is 0.479 e. The first-order valence-corrected chi connectivity index (χ1v) is 28.8. The van der Waals surface area contributed by atoms with Crippen LogP contribution in [0.4, 0.5) is 11.4 Å². The Morgan fingerprint density at radius 2 is 1.08 bits per heavy atom. The number of hydrogen-bond donors (Lipinski definition) is 3. The SMILES string of the molecule is C#Cc1ccccn1.CCC(=O)c1ccc(Br)cc1N.CCC(=O)c1ccc(Br)cc1NC(=O)C(C)OC.COC(C)C(=O)O.COC(C)c1nc2cc(Br)ccc2c(=O)n1C.COC(C)c1nc2cc(C#Cc3ccccn3)ccc2c(=O)n1C.Cl. The molecule has 4 aromatic carbocycles. The lowest BCUT2D eigenvalue weighted by atomic mass is 10.1. The van der Waals surface area contributed by atoms with Crippen LogP contribution < -0.4 is 22.2 Å². The molecule has 4 N–H and O–H groups in total. The number of aliphatic carboxylic acids is 1. The molecule has 19 nitrogen and oxygen atoms in total. The molecule has 4 atom stereocenters. The summed E-state index contributed by atoms with van der Waals surface area (Å²) in [4.78, 5) is 86.3. The van der Waals surface area contributed by atoms with Crippen molar-refractivity contribution in [1.29, 1.82) is 0 Å². The number of carbonyl (C=O) groups is 4. The van der Waals surface area contributed by atoms with Gasteiger partial charge in [0.15, 0.2) is 17.7 Å². The van der Waals surface area contributed by atoms with E-state index in [9.17, 15) is 28.8 Å². The molecule has 0 aliphatic rings. The number of Topliss-reactive ketones (excluding diaryl/α,β-unsaturated/α-hetero) is 2. The number of anilines is 2. The Morgan fingerprint density at radius 3 is 1.52 bits per heavy atom. The van der Waals surface area contributed by atoms with Crippen molar-refractivity contribution < 1.29 is 43.2 Å². The van der Waals surface area contributed by atoms with E-state index in [0.29, 0.717) is 80.2 Å². The van der Waals surface area contributed by atoms with Crippen molar-refractivity contribution in [1.82, 2.24) is 29.1 Å². The third kappa shape index (κ3) is 23.5. The van der Waals surface area contributed by atoms with E-state index in [1.165, 1.54) is 30.3 Å². The van der Waals surface area contributed by atoms with Gasteiger partial charge in [0.25, 0.3) is 17.0 Å². The highest BCUT2D eigenvalue weighted by Crippen LogP contribution is 2.24. The van der Waals surface area contributed by atoms with Gasteiger partial charge in [0, 0.05) is 104 Å². The number of methoxy groups -OCH3 is 4. The average molecular weight is 1400 g/mol. The molecule has 0 radical (unpaired) electrons. The minimum atomic E-state index is -0.928. The second-order valence-electron chi connectivity index (χ2n) is 18.2. The van der Waals surface area contributed by atoms with Gasteiger partial charge >= 0.3 is 5.97 Å². The molecule has 1 amide bonds. The summed E-state index contributed by atoms with van der Waals surface area (Å²) in [7, 11) is 9.43. The maximum Gasteiger partial charge on any atom is 0.332 e. The maximum absolute atomic E-state index is 12.5. The highest BCUT2D eigenvalue weighted by molar-refractivity contribution is 9.11. The number of ether oxygens (including phenoxy) is 4. The van der Waals surface area contributed by atoms with Crippen LogP contribution in [0.2, 0.25) is 0 Å². The van der Waals surface area contributed by atoms with Crippen LogP contribution in [-0.2, 0) is 42.6 Å². The third-order valence-electron chi connectivity index (χ3n) is 12.4. The Balaban J connectivity index is 0.000000372. The first-order valence-electron chi connectivity index (χ1n) is 26.4. The van der Waals surface area contributed by atoms with E-state index in [-0.39, 0.29) is 53.2 Å². The summed E-state index contributed by atoms with van der Waals surface area (Å²) in [6.45, 7) is 10.5. The number of fused-ring (bicyclic) bond motifs is 2. The van der Waals surface area contributed by atoms with Gasteiger partial charge in [-0.1, -0.05) is 85.6 Å². The normalized spacial score (nSPS) is 11.4. The number of pyridine rings is 2. The molecule has 460 valence electrons. The number of halogens is 4. The molecule has 0 bridgehead atoms. The zero-order chi connectivity index (χ0) is 64.2. The summed E-state index contributed by atoms with van der Waals surface area (Å²) >= 11 is 9.97. The van der Waals surface area contributed by atoms with E-state index >= 15 is 0 Å². The predicted octanol–water partition coefficient (Wildman–Crippen LogP) is 12.1. The molecule has 87 heavy (non-hydrogen) atoms. The van der Waals surface area contributed by atoms with E-state index < -0.39 is 18.2 Å². The van der Waals surface area contributed by atoms with Crippen LogP contribution in [0.5, 0.6) is 0 Å². The van der Waals surface area contributed by atoms with Crippen LogP contribution in [0.1, 0.15) is 116 Å². The fraction of sp³-hybridized carbons (Fsp3) is 0.281. The fourth-order valence-electron chi connectivity index (χ4n) is 7.06. The van der Waals surface area contributed by atoms with Crippen LogP contribution in [0, 0.1) is 24.2 Å². The summed E-state index contributed by atoms with van der Waals surface area (Å²) in [5.74, 6) is 8.56. The minimum Gasteiger partial charge on any atom is -0.479 e. The van der Waals surface area contributed by atoms with Gasteiger partial charge in [-0.25, -0.2) is 24.7 Å². The molecule has 0 aliphatic heterocycles. The molecule has 0 fully saturated rings. The molecular weight excluding hydrogens is 1330 g/mol. The monoisotopic (exact) mass is 1400 g/mol. The molecule has 23 heteroatoms. The average Bonchev–Trinajstić information content (AvgIpc) is 1.30. The van der Waals surface area contributed by atoms with Crippen molar-refractivity contribution in [3.8, 4) is 24.2 Å². The number of terminal acetylenes is 1. The van der Waals surface area contributed by atoms with Gasteiger partial charge in [-0.3, -0.25) is 33.1 Å². The highest BCUT2D eigenvalue weighted by Gasteiger charge is 2.18. The Hall–Kier alpha value is -7.77. The number of nitrogen functional groups attached to an aromatic ring is 1. The fourth-order valence-corrected chi connectivity index (χ4v) is 8.15. The highest BCUT2D eigenvalue weighted by atomic mass is 79.9. The van der Waals surface area contributed by atoms with Crippen LogP contribution in [0.3, 0.4) is 0 Å². The van der Waals surface area contributed by atoms with Gasteiger partial charge in [-0.15, -0.1) is 18.8 Å². The van der Waals surface area contributed by atoms with Crippen LogP contribution in [0.15, 0.2) is 145 Å². The summed E-state index contributed by atoms with van der Waals surface area (Å²) in [5.41, 5.74) is 11.1. The van der Waals surface area contributed by atoms with E-state index in [4.69, 9.17) is 31.5 Å². The summed E-state index contributed by atoms with van der Waals surface area (Å²) in [6, 6.07) is 32.4. The van der Waals surface area contributed by atoms with Crippen molar-refractivity contribution in [2.75, 3.05) is 39.5 Å². The molecule has 8 rings (SSSR count). The second-order valence-corrected chi connectivity index (χ2v) is 20.9. The Bertz CT molecular complexity index is 3840. The lowest BCUT2D eigenvalue weighted by Gasteiger charge is -2.14. The molecule has 0 saturated carbocycles. The van der Waals surface area contributed by atoms with Crippen molar-refractivity contribution in [3.63, 3.8) is 0 Å². The number of hydrogen-bond acceptors (Lipinski definition) is 15. The number of carboxylic acids is 1. The van der Waals surface area contributed by atoms with Crippen molar-refractivity contribution in [2.24, 2.45) is 14.1 Å². The van der Waals surface area contributed by atoms with E-state index in [1.54, 1.807) is 103 Å². The molecule has 0 saturated heterocycles. The number of ketones is 2. The number of rotatable bonds is 13. The molecule has 8 aromatic rings. The lowest BCUT2D eigenvalue weighted by molar-refractivity contribution is -0.147. The Labute approximate surface area is 537 Å². The Kier molecular flexibility index (Phi) is 33.2. The summed E-state index contributed by atoms with van der Waals surface area (Å²) in [5, 5.41) is 11.9. The summed E-state index contributed by atoms with van der Waals surface area (Å²) in [6.07, 6.45) is 7.58. The lowest BCUT2D eigenvalue weighted by Crippen LogP contribution is -2.27. The molecule has 4 heterocycles. The van der Waals surface area contributed by atoms with Crippen molar-refractivity contribution >= 4 is 117 Å². The van der Waals surface area contributed by atoms with E-state index in [2.05, 4.69) is 95.5 Å². The maximum atomic E-state index is 12.5. The number of carbonyl (C=O) groups excluding carboxylic acids is 3. The number of nitrogens with two attached hydrogens (primary N) is 1. The predicted molar refractivity (Wildman–Crippen MR) is 353 cm³/mol. The molecule has 0 spiro atoms. The molecule has 4 aromatic heterocycles. The number of aromatic nitrogens is 6. The van der Waals surface area contributed by atoms with Crippen LogP contribution in [-0.4, -0.2) is 98.3 Å². The first-order chi connectivity index (χ1) is 40.9. The van der Waals surface area contributed by atoms with Crippen LogP contribution in [0.25, 0.3) is 21.8 Å². The van der Waals surface area contributed by atoms with Gasteiger partial charge in [0.1, 0.15) is 41.3 Å². The minimum absolute atomic E-state index is 0. The quantitative estimate of drug-likeness (QED) is 0.0551. The summed E-state index contributed by atoms with van der Waals surface area (Å²) < 4.78 is 25.5. The zero-order valence-electron chi connectivity index (χ0n) is 50.2. The number of carboxylic acid groups (broad SMARTS) is 1. The number of nitrogens with zero attached hydrogens (tertiary/aromatic N) is 6. The standard InChI is InChI=1S/C19H17N3O2.C13H16BrNO3.C12H13BrN2O2.C9H10BrNO.C7H5N.C4H8O3.ClH/c1-13(24-3)18-21-17-12-14(7-9-15-6-4-5-11-20-15)8-10-16(17)19(23)22(18)2;1-4-12(16)10-6-5-9(14)7-11(10)15-13(17)8(2)18-3;1-7(17-3)11-14-10-6-8(13)4-5-9(10)12(16)15(11)2;1-2-9(12)7-4-3-6(10)5-8(7)11;1-2-7-5-3-4-6-8-7;1-3(7-2)4(5)6;/h4-6,8,10-13H,1-3H3;5-8H,4H2,1-3H3,(H,15,17);4-7H,1-3H3;3-5H,2,11H2,1H3;1,3-6H;3H,1-2H3,(H,5,6);1H. The van der Waals surface area contributed by atoms with Gasteiger partial charge in [0.2, 0.25) is 0 Å².